The molecule has 2 heterocycles. The summed E-state index contributed by atoms with van der Waals surface area (Å²) in [6, 6.07) is 11.8. The highest BCUT2D eigenvalue weighted by atomic mass is 32.2. The van der Waals surface area contributed by atoms with Crippen LogP contribution < -0.4 is 5.32 Å². The number of hydrogen-bond acceptors (Lipinski definition) is 8. The SMILES string of the molecule is CCCCCCCCCCCCSc1ccccc1NC(=O)C(C1=Nc2ccccc2S(=O)(=O)N1CCC)N1C(=O)OC(C)(C)C1=O. The standard InChI is InChI=1S/C35H48N4O6S2/c1-5-7-8-9-10-11-12-13-14-19-25-46-28-22-17-15-20-26(28)37-32(40)30(39-33(41)35(3,4)45-34(39)42)31-36-27-21-16-18-23-29(27)47(43,44)38(31)24-6-2/h15-18,20-23,30H,5-14,19,24-25H2,1-4H3,(H,37,40). The molecule has 0 aromatic heterocycles. The van der Waals surface area contributed by atoms with Crippen molar-refractivity contribution in [2.45, 2.75) is 120 Å². The van der Waals surface area contributed by atoms with Crippen LogP contribution in [0.4, 0.5) is 16.2 Å². The fraction of sp³-hybridized carbons (Fsp3) is 0.543. The monoisotopic (exact) mass is 684 g/mol. The molecular formula is C35H48N4O6S2. The predicted octanol–water partition coefficient (Wildman–Crippen LogP) is 7.91. The number of hydrogen-bond donors (Lipinski definition) is 1. The molecule has 2 aromatic carbocycles. The minimum Gasteiger partial charge on any atom is -0.433 e. The zero-order valence-electron chi connectivity index (χ0n) is 28.0. The van der Waals surface area contributed by atoms with E-state index in [1.54, 1.807) is 43.0 Å². The van der Waals surface area contributed by atoms with E-state index in [2.05, 4.69) is 17.2 Å². The highest BCUT2D eigenvalue weighted by Crippen LogP contribution is 2.36. The van der Waals surface area contributed by atoms with Crippen molar-refractivity contribution < 1.29 is 27.5 Å². The lowest BCUT2D eigenvalue weighted by molar-refractivity contribution is -0.137. The van der Waals surface area contributed by atoms with E-state index in [1.165, 1.54) is 77.3 Å². The van der Waals surface area contributed by atoms with Gasteiger partial charge in [0, 0.05) is 11.4 Å². The Balaban J connectivity index is 1.54. The first-order valence-electron chi connectivity index (χ1n) is 16.8. The smallest absolute Gasteiger partial charge is 0.418 e. The Kier molecular flexibility index (Phi) is 12.9. The van der Waals surface area contributed by atoms with Gasteiger partial charge in [0.05, 0.1) is 11.4 Å². The number of carbonyl (C=O) groups excluding carboxylic acids is 3. The van der Waals surface area contributed by atoms with Crippen molar-refractivity contribution >= 4 is 56.9 Å². The molecule has 3 amide bonds. The molecule has 2 aliphatic heterocycles. The van der Waals surface area contributed by atoms with Gasteiger partial charge in [0.2, 0.25) is 0 Å². The molecule has 0 spiro atoms. The molecule has 12 heteroatoms. The molecule has 0 bridgehead atoms. The molecule has 4 rings (SSSR count). The number of nitrogens with one attached hydrogen (secondary N) is 1. The molecule has 1 atom stereocenters. The number of amidine groups is 1. The van der Waals surface area contributed by atoms with Crippen LogP contribution in [0.3, 0.4) is 0 Å². The van der Waals surface area contributed by atoms with Gasteiger partial charge in [-0.15, -0.1) is 11.8 Å². The molecule has 2 aliphatic rings. The van der Waals surface area contributed by atoms with Gasteiger partial charge in [-0.1, -0.05) is 95.9 Å². The summed E-state index contributed by atoms with van der Waals surface area (Å²) in [4.78, 5) is 47.1. The van der Waals surface area contributed by atoms with Gasteiger partial charge in [-0.3, -0.25) is 13.9 Å². The van der Waals surface area contributed by atoms with Gasteiger partial charge in [0.1, 0.15) is 4.90 Å². The van der Waals surface area contributed by atoms with Gasteiger partial charge in [0.15, 0.2) is 17.5 Å². The Morgan fingerprint density at radius 2 is 1.51 bits per heavy atom. The van der Waals surface area contributed by atoms with Crippen molar-refractivity contribution in [3.05, 3.63) is 48.5 Å². The minimum atomic E-state index is -4.15. The van der Waals surface area contributed by atoms with Crippen LogP contribution in [-0.2, 0) is 24.3 Å². The van der Waals surface area contributed by atoms with Crippen molar-refractivity contribution in [1.29, 1.82) is 0 Å². The zero-order chi connectivity index (χ0) is 34.0. The van der Waals surface area contributed by atoms with E-state index in [1.807, 2.05) is 12.1 Å². The summed E-state index contributed by atoms with van der Waals surface area (Å²) >= 11 is 1.62. The molecule has 47 heavy (non-hydrogen) atoms. The number of nitrogens with zero attached hydrogens (tertiary/aromatic N) is 3. The topological polar surface area (TPSA) is 125 Å². The number of imide groups is 1. The van der Waals surface area contributed by atoms with Gasteiger partial charge in [0.25, 0.3) is 21.8 Å². The molecular weight excluding hydrogens is 637 g/mol. The predicted molar refractivity (Wildman–Crippen MR) is 187 cm³/mol. The van der Waals surface area contributed by atoms with Crippen molar-refractivity contribution in [2.75, 3.05) is 17.6 Å². The second-order valence-corrected chi connectivity index (χ2v) is 15.5. The highest BCUT2D eigenvalue weighted by molar-refractivity contribution is 7.99. The molecule has 1 unspecified atom stereocenters. The fourth-order valence-corrected chi connectivity index (χ4v) is 8.44. The van der Waals surface area contributed by atoms with Crippen molar-refractivity contribution in [3.8, 4) is 0 Å². The summed E-state index contributed by atoms with van der Waals surface area (Å²) in [5.74, 6) is -0.901. The second-order valence-electron chi connectivity index (χ2n) is 12.5. The largest absolute Gasteiger partial charge is 0.433 e. The van der Waals surface area contributed by atoms with E-state index < -0.39 is 39.6 Å². The van der Waals surface area contributed by atoms with Crippen LogP contribution in [0.15, 0.2) is 63.3 Å². The molecule has 1 N–H and O–H groups in total. The van der Waals surface area contributed by atoms with Gasteiger partial charge in [-0.25, -0.2) is 23.1 Å². The van der Waals surface area contributed by atoms with Crippen molar-refractivity contribution in [3.63, 3.8) is 0 Å². The Bertz CT molecular complexity index is 1560. The van der Waals surface area contributed by atoms with Crippen LogP contribution >= 0.6 is 11.8 Å². The highest BCUT2D eigenvalue weighted by Gasteiger charge is 2.55. The van der Waals surface area contributed by atoms with Crippen LogP contribution in [0.25, 0.3) is 0 Å². The van der Waals surface area contributed by atoms with Crippen LogP contribution in [0, 0.1) is 0 Å². The number of aliphatic imine (C=N–C) groups is 1. The minimum absolute atomic E-state index is 0.00888. The second kappa shape index (κ2) is 16.6. The maximum atomic E-state index is 14.3. The molecule has 1 saturated heterocycles. The van der Waals surface area contributed by atoms with Gasteiger partial charge >= 0.3 is 6.09 Å². The van der Waals surface area contributed by atoms with Crippen molar-refractivity contribution in [2.24, 2.45) is 4.99 Å². The quantitative estimate of drug-likeness (QED) is 0.125. The summed E-state index contributed by atoms with van der Waals surface area (Å²) in [7, 11) is -4.15. The lowest BCUT2D eigenvalue weighted by Gasteiger charge is -2.35. The number of sulfonamides is 1. The van der Waals surface area contributed by atoms with E-state index in [0.29, 0.717) is 17.0 Å². The first-order chi connectivity index (χ1) is 22.5. The Hall–Kier alpha value is -3.38. The third kappa shape index (κ3) is 8.76. The average molecular weight is 685 g/mol. The molecule has 0 aliphatic carbocycles. The third-order valence-corrected chi connectivity index (χ3v) is 11.3. The number of carbonyl (C=O) groups is 3. The molecule has 0 radical (unpaired) electrons. The molecule has 10 nitrogen and oxygen atoms in total. The van der Waals surface area contributed by atoms with Crippen LogP contribution in [0.2, 0.25) is 0 Å². The summed E-state index contributed by atoms with van der Waals surface area (Å²) in [6.45, 7) is 6.88. The number of amides is 3. The van der Waals surface area contributed by atoms with Gasteiger partial charge < -0.3 is 10.1 Å². The first-order valence-corrected chi connectivity index (χ1v) is 19.2. The van der Waals surface area contributed by atoms with Crippen LogP contribution in [0.1, 0.15) is 98.3 Å². The van der Waals surface area contributed by atoms with E-state index in [9.17, 15) is 22.8 Å². The van der Waals surface area contributed by atoms with Gasteiger partial charge in [-0.05, 0) is 56.7 Å². The Morgan fingerprint density at radius 1 is 0.894 bits per heavy atom. The number of unbranched alkanes of at least 4 members (excludes halogenated alkanes) is 9. The zero-order valence-corrected chi connectivity index (χ0v) is 29.6. The number of para-hydroxylation sites is 2. The maximum Gasteiger partial charge on any atom is 0.418 e. The summed E-state index contributed by atoms with van der Waals surface area (Å²) in [5, 5.41) is 2.89. The molecule has 1 fully saturated rings. The lowest BCUT2D eigenvalue weighted by Crippen LogP contribution is -2.59. The number of benzene rings is 2. The van der Waals surface area contributed by atoms with E-state index in [4.69, 9.17) is 4.74 Å². The van der Waals surface area contributed by atoms with Crippen LogP contribution in [-0.4, -0.2) is 65.3 Å². The van der Waals surface area contributed by atoms with Crippen LogP contribution in [0.5, 0.6) is 0 Å². The number of fused-ring (bicyclic) bond motifs is 1. The third-order valence-electron chi connectivity index (χ3n) is 8.28. The Morgan fingerprint density at radius 3 is 2.15 bits per heavy atom. The number of anilines is 1. The number of ether oxygens (including phenoxy) is 1. The van der Waals surface area contributed by atoms with Crippen molar-refractivity contribution in [1.82, 2.24) is 9.21 Å². The normalized spacial score (nSPS) is 17.2. The number of rotatable bonds is 18. The lowest BCUT2D eigenvalue weighted by atomic mass is 10.1. The average Bonchev–Trinajstić information content (AvgIpc) is 3.24. The van der Waals surface area contributed by atoms with E-state index >= 15 is 0 Å². The molecule has 0 saturated carbocycles. The number of cyclic esters (lactones) is 1. The Labute approximate surface area is 283 Å². The first kappa shape index (κ1) is 36.5. The fourth-order valence-electron chi connectivity index (χ4n) is 5.75. The molecule has 256 valence electrons. The van der Waals surface area contributed by atoms with E-state index in [0.717, 1.165) is 27.8 Å². The van der Waals surface area contributed by atoms with E-state index in [-0.39, 0.29) is 23.0 Å². The summed E-state index contributed by atoms with van der Waals surface area (Å²) in [5.41, 5.74) is -0.917. The maximum absolute atomic E-state index is 14.3. The van der Waals surface area contributed by atoms with Gasteiger partial charge in [-0.2, -0.15) is 0 Å². The number of thioether (sulfide) groups is 1. The molecule has 2 aromatic rings. The summed E-state index contributed by atoms with van der Waals surface area (Å²) < 4.78 is 34.0. The summed E-state index contributed by atoms with van der Waals surface area (Å²) in [6.07, 6.45) is 11.8.